The van der Waals surface area contributed by atoms with Gasteiger partial charge in [-0.25, -0.2) is 0 Å². The molecule has 2 aromatic carbocycles. The summed E-state index contributed by atoms with van der Waals surface area (Å²) in [5.74, 6) is 0. The molecule has 0 radical (unpaired) electrons. The van der Waals surface area contributed by atoms with Crippen LogP contribution in [0.3, 0.4) is 0 Å². The van der Waals surface area contributed by atoms with Gasteiger partial charge in [0, 0.05) is 12.4 Å². The van der Waals surface area contributed by atoms with Crippen molar-refractivity contribution in [1.29, 1.82) is 0 Å². The van der Waals surface area contributed by atoms with E-state index in [4.69, 9.17) is 0 Å². The highest BCUT2D eigenvalue weighted by Gasteiger charge is 2.34. The van der Waals surface area contributed by atoms with E-state index in [-0.39, 0.29) is 0 Å². The third-order valence-electron chi connectivity index (χ3n) is 4.07. The first kappa shape index (κ1) is 14.5. The normalized spacial score (nSPS) is 13.6. The molecule has 0 aliphatic carbocycles. The monoisotopic (exact) mass is 289 g/mol. The van der Waals surface area contributed by atoms with Crippen LogP contribution < -0.4 is 0 Å². The van der Waals surface area contributed by atoms with E-state index in [2.05, 4.69) is 23.2 Å². The molecular weight excluding hydrogens is 270 g/mol. The van der Waals surface area contributed by atoms with Crippen LogP contribution in [0.5, 0.6) is 0 Å². The fourth-order valence-electron chi connectivity index (χ4n) is 2.88. The predicted molar refractivity (Wildman–Crippen MR) is 88.7 cm³/mol. The van der Waals surface area contributed by atoms with Crippen LogP contribution in [0.4, 0.5) is 0 Å². The minimum Gasteiger partial charge on any atom is -0.376 e. The van der Waals surface area contributed by atoms with Crippen LogP contribution >= 0.6 is 0 Å². The Hall–Kier alpha value is -2.45. The van der Waals surface area contributed by atoms with E-state index in [0.717, 1.165) is 27.8 Å². The lowest BCUT2D eigenvalue weighted by atomic mass is 9.78. The Morgan fingerprint density at radius 1 is 0.818 bits per heavy atom. The minimum absolute atomic E-state index is 0.822. The fraction of sp³-hybridized carbons (Fsp3) is 0.150. The van der Waals surface area contributed by atoms with Gasteiger partial charge in [-0.15, -0.1) is 0 Å². The number of nitrogens with zero attached hydrogens (tertiary/aromatic N) is 1. The Morgan fingerprint density at radius 2 is 1.45 bits per heavy atom. The van der Waals surface area contributed by atoms with Crippen molar-refractivity contribution >= 4 is 0 Å². The minimum atomic E-state index is -1.18. The van der Waals surface area contributed by atoms with Gasteiger partial charge in [0.15, 0.2) is 0 Å². The Morgan fingerprint density at radius 3 is 2.14 bits per heavy atom. The SMILES string of the molecule is Cc1ccc(C)c(C(O)(c2ccccc2)c2ccncc2)c1. The first-order valence-electron chi connectivity index (χ1n) is 7.38. The highest BCUT2D eigenvalue weighted by atomic mass is 16.3. The molecule has 0 bridgehead atoms. The molecule has 0 aliphatic heterocycles. The van der Waals surface area contributed by atoms with Crippen molar-refractivity contribution in [2.75, 3.05) is 0 Å². The summed E-state index contributed by atoms with van der Waals surface area (Å²) in [5, 5.41) is 11.7. The molecule has 0 spiro atoms. The zero-order chi connectivity index (χ0) is 15.6. The molecule has 0 saturated carbocycles. The first-order chi connectivity index (χ1) is 10.6. The molecule has 1 N–H and O–H groups in total. The van der Waals surface area contributed by atoms with Gasteiger partial charge in [-0.3, -0.25) is 4.98 Å². The molecule has 0 saturated heterocycles. The van der Waals surface area contributed by atoms with E-state index in [1.54, 1.807) is 12.4 Å². The average Bonchev–Trinajstić information content (AvgIpc) is 2.58. The van der Waals surface area contributed by atoms with Crippen LogP contribution in [0.25, 0.3) is 0 Å². The van der Waals surface area contributed by atoms with Crippen molar-refractivity contribution in [3.63, 3.8) is 0 Å². The lowest BCUT2D eigenvalue weighted by molar-refractivity contribution is 0.125. The van der Waals surface area contributed by atoms with Gasteiger partial charge in [0.2, 0.25) is 0 Å². The fourth-order valence-corrected chi connectivity index (χ4v) is 2.88. The van der Waals surface area contributed by atoms with E-state index < -0.39 is 5.60 Å². The van der Waals surface area contributed by atoms with Gasteiger partial charge in [0.1, 0.15) is 5.60 Å². The molecule has 1 unspecified atom stereocenters. The van der Waals surface area contributed by atoms with Gasteiger partial charge in [-0.2, -0.15) is 0 Å². The molecule has 3 aromatic rings. The third kappa shape index (κ3) is 2.42. The maximum Gasteiger partial charge on any atom is 0.140 e. The molecule has 3 rings (SSSR count). The summed E-state index contributed by atoms with van der Waals surface area (Å²) < 4.78 is 0. The summed E-state index contributed by atoms with van der Waals surface area (Å²) in [7, 11) is 0. The van der Waals surface area contributed by atoms with Crippen molar-refractivity contribution in [1.82, 2.24) is 4.98 Å². The highest BCUT2D eigenvalue weighted by Crippen LogP contribution is 2.38. The number of benzene rings is 2. The van der Waals surface area contributed by atoms with Crippen LogP contribution in [0.1, 0.15) is 27.8 Å². The Bertz CT molecular complexity index is 727. The number of hydrogen-bond donors (Lipinski definition) is 1. The summed E-state index contributed by atoms with van der Waals surface area (Å²) >= 11 is 0. The number of pyridine rings is 1. The number of aryl methyl sites for hydroxylation is 2. The molecule has 0 fully saturated rings. The van der Waals surface area contributed by atoms with Crippen LogP contribution in [-0.2, 0) is 5.60 Å². The van der Waals surface area contributed by atoms with E-state index in [9.17, 15) is 5.11 Å². The van der Waals surface area contributed by atoms with Gasteiger partial charge < -0.3 is 5.11 Å². The Kier molecular flexibility index (Phi) is 3.78. The lowest BCUT2D eigenvalue weighted by Crippen LogP contribution is -2.30. The maximum absolute atomic E-state index is 11.7. The largest absolute Gasteiger partial charge is 0.376 e. The van der Waals surface area contributed by atoms with Crippen molar-refractivity contribution in [2.24, 2.45) is 0 Å². The summed E-state index contributed by atoms with van der Waals surface area (Å²) in [4.78, 5) is 4.08. The van der Waals surface area contributed by atoms with Crippen molar-refractivity contribution in [3.8, 4) is 0 Å². The number of hydrogen-bond acceptors (Lipinski definition) is 2. The number of rotatable bonds is 3. The highest BCUT2D eigenvalue weighted by molar-refractivity contribution is 5.50. The standard InChI is InChI=1S/C20H19NO/c1-15-8-9-16(2)19(14-15)20(22,17-6-4-3-5-7-17)18-10-12-21-13-11-18/h3-14,22H,1-2H3. The van der Waals surface area contributed by atoms with E-state index in [0.29, 0.717) is 0 Å². The molecule has 1 aromatic heterocycles. The van der Waals surface area contributed by atoms with E-state index in [1.807, 2.05) is 56.3 Å². The average molecular weight is 289 g/mol. The topological polar surface area (TPSA) is 33.1 Å². The van der Waals surface area contributed by atoms with Crippen LogP contribution in [-0.4, -0.2) is 10.1 Å². The maximum atomic E-state index is 11.7. The quantitative estimate of drug-likeness (QED) is 0.791. The zero-order valence-corrected chi connectivity index (χ0v) is 12.8. The first-order valence-corrected chi connectivity index (χ1v) is 7.38. The molecule has 1 atom stereocenters. The predicted octanol–water partition coefficient (Wildman–Crippen LogP) is 3.98. The van der Waals surface area contributed by atoms with Crippen LogP contribution in [0.15, 0.2) is 73.1 Å². The summed E-state index contributed by atoms with van der Waals surface area (Å²) in [5.41, 5.74) is 3.60. The summed E-state index contributed by atoms with van der Waals surface area (Å²) in [6, 6.07) is 19.7. The number of aromatic nitrogens is 1. The molecule has 1 heterocycles. The smallest absolute Gasteiger partial charge is 0.140 e. The zero-order valence-electron chi connectivity index (χ0n) is 12.8. The summed E-state index contributed by atoms with van der Waals surface area (Å²) in [6.07, 6.45) is 3.43. The molecule has 2 nitrogen and oxygen atoms in total. The molecule has 0 amide bonds. The molecule has 110 valence electrons. The molecule has 22 heavy (non-hydrogen) atoms. The third-order valence-corrected chi connectivity index (χ3v) is 4.07. The van der Waals surface area contributed by atoms with Gasteiger partial charge in [0.05, 0.1) is 0 Å². The molecule has 2 heteroatoms. The Labute approximate surface area is 131 Å². The van der Waals surface area contributed by atoms with Crippen LogP contribution in [0, 0.1) is 13.8 Å². The molecule has 0 aliphatic rings. The van der Waals surface area contributed by atoms with Crippen molar-refractivity contribution < 1.29 is 5.11 Å². The van der Waals surface area contributed by atoms with Crippen LogP contribution in [0.2, 0.25) is 0 Å². The van der Waals surface area contributed by atoms with Gasteiger partial charge in [-0.1, -0.05) is 54.1 Å². The van der Waals surface area contributed by atoms with E-state index >= 15 is 0 Å². The number of aliphatic hydroxyl groups is 1. The van der Waals surface area contributed by atoms with Crippen molar-refractivity contribution in [2.45, 2.75) is 19.4 Å². The lowest BCUT2D eigenvalue weighted by Gasteiger charge is -2.31. The summed E-state index contributed by atoms with van der Waals surface area (Å²) in [6.45, 7) is 4.07. The Balaban J connectivity index is 2.31. The van der Waals surface area contributed by atoms with Gasteiger partial charge in [-0.05, 0) is 48.2 Å². The van der Waals surface area contributed by atoms with E-state index in [1.165, 1.54) is 0 Å². The second kappa shape index (κ2) is 5.74. The second-order valence-electron chi connectivity index (χ2n) is 5.63. The molecular formula is C20H19NO. The van der Waals surface area contributed by atoms with Gasteiger partial charge >= 0.3 is 0 Å². The van der Waals surface area contributed by atoms with Crippen molar-refractivity contribution in [3.05, 3.63) is 101 Å². The van der Waals surface area contributed by atoms with Gasteiger partial charge in [0.25, 0.3) is 0 Å². The second-order valence-corrected chi connectivity index (χ2v) is 5.63.